The monoisotopic (exact) mass is 414 g/mol. The van der Waals surface area contributed by atoms with Crippen molar-refractivity contribution in [1.82, 2.24) is 4.90 Å². The van der Waals surface area contributed by atoms with E-state index in [2.05, 4.69) is 0 Å². The van der Waals surface area contributed by atoms with Gasteiger partial charge < -0.3 is 25.6 Å². The number of nitrogens with two attached hydrogens (primary N) is 1. The summed E-state index contributed by atoms with van der Waals surface area (Å²) in [7, 11) is 0. The number of rotatable bonds is 5. The number of carbonyl (C=O) groups excluding carboxylic acids is 3. The molecule has 148 valence electrons. The smallest absolute Gasteiger partial charge is 0.543 e. The number of para-hydroxylation sites is 1. The molecule has 0 saturated carbocycles. The maximum atomic E-state index is 12.9. The maximum Gasteiger partial charge on any atom is 1.00 e. The second kappa shape index (κ2) is 8.35. The minimum absolute atomic E-state index is 0. The van der Waals surface area contributed by atoms with Crippen molar-refractivity contribution in [2.24, 2.45) is 5.92 Å². The molecule has 30 heavy (non-hydrogen) atoms. The van der Waals surface area contributed by atoms with Gasteiger partial charge in [0.2, 0.25) is 5.91 Å². The van der Waals surface area contributed by atoms with E-state index in [4.69, 9.17) is 5.73 Å². The van der Waals surface area contributed by atoms with Gasteiger partial charge in [-0.1, -0.05) is 30.3 Å². The van der Waals surface area contributed by atoms with Crippen LogP contribution in [0, 0.1) is 5.92 Å². The second-order valence-electron chi connectivity index (χ2n) is 7.36. The van der Waals surface area contributed by atoms with E-state index in [1.54, 1.807) is 48.5 Å². The van der Waals surface area contributed by atoms with Crippen molar-refractivity contribution in [3.8, 4) is 0 Å². The number of carboxylic acids is 1. The van der Waals surface area contributed by atoms with Gasteiger partial charge in [-0.05, 0) is 42.7 Å². The Morgan fingerprint density at radius 2 is 1.90 bits per heavy atom. The average molecular weight is 414 g/mol. The van der Waals surface area contributed by atoms with Gasteiger partial charge >= 0.3 is 29.6 Å². The van der Waals surface area contributed by atoms with Crippen molar-refractivity contribution in [1.29, 1.82) is 0 Å². The van der Waals surface area contributed by atoms with Crippen molar-refractivity contribution in [2.45, 2.75) is 25.5 Å². The van der Waals surface area contributed by atoms with E-state index < -0.39 is 29.9 Å². The molecule has 0 aliphatic carbocycles. The number of β-lactam (4-membered cyclic amide) rings is 1. The van der Waals surface area contributed by atoms with Crippen LogP contribution in [0.15, 0.2) is 54.2 Å². The molecule has 0 bridgehead atoms. The zero-order valence-corrected chi connectivity index (χ0v) is 18.7. The number of fused-ring (bicyclic) bond motifs is 1. The topological polar surface area (TPSA) is 124 Å². The second-order valence-corrected chi connectivity index (χ2v) is 7.36. The Hall–Kier alpha value is -2.45. The fraction of sp³-hybridized carbons (Fsp3) is 0.227. The third kappa shape index (κ3) is 3.48. The first-order chi connectivity index (χ1) is 13.8. The molecule has 0 unspecified atom stereocenters. The zero-order valence-electron chi connectivity index (χ0n) is 16.7. The Bertz CT molecular complexity index is 1080. The summed E-state index contributed by atoms with van der Waals surface area (Å²) in [6, 6.07) is 12.9. The van der Waals surface area contributed by atoms with Crippen LogP contribution in [0.3, 0.4) is 0 Å². The number of aliphatic carboxylic acids is 1. The van der Waals surface area contributed by atoms with Crippen LogP contribution in [0.4, 0.5) is 5.69 Å². The van der Waals surface area contributed by atoms with E-state index >= 15 is 0 Å². The quantitative estimate of drug-likeness (QED) is 0.243. The van der Waals surface area contributed by atoms with E-state index in [1.165, 1.54) is 11.8 Å². The van der Waals surface area contributed by atoms with Crippen molar-refractivity contribution < 1.29 is 54.2 Å². The van der Waals surface area contributed by atoms with Crippen LogP contribution in [0.1, 0.15) is 34.8 Å². The molecule has 4 rings (SSSR count). The molecule has 3 N–H and O–H groups in total. The molecule has 0 aromatic heterocycles. The summed E-state index contributed by atoms with van der Waals surface area (Å²) in [5.41, 5.74) is 7.72. The number of anilines is 1. The number of carboxylic acid groups (broad SMARTS) is 1. The van der Waals surface area contributed by atoms with Crippen LogP contribution in [0.5, 0.6) is 0 Å². The van der Waals surface area contributed by atoms with Gasteiger partial charge in [0.05, 0.1) is 29.7 Å². The number of benzene rings is 2. The van der Waals surface area contributed by atoms with Crippen molar-refractivity contribution in [2.75, 3.05) is 5.73 Å². The first kappa shape index (κ1) is 22.2. The van der Waals surface area contributed by atoms with E-state index in [-0.39, 0.29) is 47.5 Å². The number of carbonyl (C=O) groups is 3. The van der Waals surface area contributed by atoms with Crippen molar-refractivity contribution in [3.63, 3.8) is 0 Å². The molecular formula is C22H19N2NaO5. The summed E-state index contributed by atoms with van der Waals surface area (Å²) in [6.45, 7) is 1.51. The fourth-order valence-electron chi connectivity index (χ4n) is 4.22. The number of aliphatic hydroxyl groups excluding tert-OH is 1. The van der Waals surface area contributed by atoms with Crippen molar-refractivity contribution >= 4 is 28.9 Å². The summed E-state index contributed by atoms with van der Waals surface area (Å²) in [5.74, 6) is -2.80. The molecule has 2 heterocycles. The number of amides is 1. The molecule has 2 aliphatic heterocycles. The van der Waals surface area contributed by atoms with Gasteiger partial charge in [0.1, 0.15) is 0 Å². The minimum Gasteiger partial charge on any atom is -0.543 e. The maximum absolute atomic E-state index is 12.9. The molecule has 2 aromatic rings. The normalized spacial score (nSPS) is 20.9. The first-order valence-electron chi connectivity index (χ1n) is 9.26. The number of hydrogen-bond acceptors (Lipinski definition) is 6. The van der Waals surface area contributed by atoms with Gasteiger partial charge in [-0.2, -0.15) is 0 Å². The SMILES string of the molecule is C[C@@H](O)[C@H]1C(=O)N2C(C(=O)[O-])=C(c3cccc(C(=O)c4ccccc4N)c3)C[C@H]12.[Na+]. The summed E-state index contributed by atoms with van der Waals surface area (Å²) >= 11 is 0. The van der Waals surface area contributed by atoms with Crippen LogP contribution in [0.2, 0.25) is 0 Å². The van der Waals surface area contributed by atoms with Crippen LogP contribution in [-0.2, 0) is 9.59 Å². The van der Waals surface area contributed by atoms with Crippen LogP contribution < -0.4 is 40.4 Å². The van der Waals surface area contributed by atoms with Gasteiger partial charge in [0.15, 0.2) is 5.78 Å². The van der Waals surface area contributed by atoms with Gasteiger partial charge in [0, 0.05) is 16.8 Å². The molecule has 1 fully saturated rings. The molecule has 8 heteroatoms. The molecule has 1 saturated heterocycles. The van der Waals surface area contributed by atoms with E-state index in [1.807, 2.05) is 0 Å². The number of ketones is 1. The molecule has 2 aromatic carbocycles. The third-order valence-electron chi connectivity index (χ3n) is 5.60. The molecule has 7 nitrogen and oxygen atoms in total. The summed E-state index contributed by atoms with van der Waals surface area (Å²) in [5, 5.41) is 21.6. The Kier molecular flexibility index (Phi) is 6.19. The van der Waals surface area contributed by atoms with Crippen LogP contribution >= 0.6 is 0 Å². The number of aliphatic hydroxyl groups is 1. The third-order valence-corrected chi connectivity index (χ3v) is 5.60. The van der Waals surface area contributed by atoms with Crippen LogP contribution in [0.25, 0.3) is 5.57 Å². The Balaban J connectivity index is 0.00000256. The van der Waals surface area contributed by atoms with E-state index in [0.29, 0.717) is 28.0 Å². The Labute approximate surface area is 195 Å². The zero-order chi connectivity index (χ0) is 20.9. The predicted octanol–water partition coefficient (Wildman–Crippen LogP) is -2.42. The molecule has 0 spiro atoms. The van der Waals surface area contributed by atoms with E-state index in [9.17, 15) is 24.6 Å². The molecule has 3 atom stereocenters. The summed E-state index contributed by atoms with van der Waals surface area (Å²) in [4.78, 5) is 38.2. The van der Waals surface area contributed by atoms with Gasteiger partial charge in [-0.25, -0.2) is 0 Å². The van der Waals surface area contributed by atoms with E-state index in [0.717, 1.165) is 0 Å². The first-order valence-corrected chi connectivity index (χ1v) is 9.26. The number of nitrogens with zero attached hydrogens (tertiary/aromatic N) is 1. The Morgan fingerprint density at radius 1 is 1.20 bits per heavy atom. The molecular weight excluding hydrogens is 395 g/mol. The van der Waals surface area contributed by atoms with Crippen molar-refractivity contribution in [3.05, 3.63) is 70.9 Å². The van der Waals surface area contributed by atoms with Gasteiger partial charge in [-0.15, -0.1) is 0 Å². The molecule has 1 amide bonds. The molecule has 0 radical (unpaired) electrons. The molecule has 2 aliphatic rings. The minimum atomic E-state index is -1.45. The number of hydrogen-bond donors (Lipinski definition) is 2. The number of nitrogen functional groups attached to an aromatic ring is 1. The van der Waals surface area contributed by atoms with Crippen LogP contribution in [-0.4, -0.2) is 39.8 Å². The largest absolute Gasteiger partial charge is 1.00 e. The fourth-order valence-corrected chi connectivity index (χ4v) is 4.22. The van der Waals surface area contributed by atoms with Gasteiger partial charge in [-0.3, -0.25) is 9.59 Å². The summed E-state index contributed by atoms with van der Waals surface area (Å²) < 4.78 is 0. The standard InChI is InChI=1S/C22H20N2O5.Na/c1-11(25)18-17-10-15(19(22(28)29)24(17)21(18)27)12-5-4-6-13(9-12)20(26)14-7-2-3-8-16(14)23;/h2-9,11,17-18,25H,10,23H2,1H3,(H,28,29);/q;+1/p-1/t11-,17-,18-;/m1./s1. The van der Waals surface area contributed by atoms with Gasteiger partial charge in [0.25, 0.3) is 0 Å². The Morgan fingerprint density at radius 3 is 2.53 bits per heavy atom. The average Bonchev–Trinajstić information content (AvgIpc) is 3.03. The summed E-state index contributed by atoms with van der Waals surface area (Å²) in [6.07, 6.45) is -0.601. The predicted molar refractivity (Wildman–Crippen MR) is 103 cm³/mol.